The van der Waals surface area contributed by atoms with Crippen molar-refractivity contribution >= 4 is 5.97 Å². The van der Waals surface area contributed by atoms with Crippen LogP contribution in [0.5, 0.6) is 0 Å². The molecule has 5 fully saturated rings. The maximum Gasteiger partial charge on any atom is 0.302 e. The van der Waals surface area contributed by atoms with Crippen LogP contribution in [0, 0.1) is 34.0 Å². The van der Waals surface area contributed by atoms with Gasteiger partial charge in [-0.25, -0.2) is 0 Å². The molecule has 2 bridgehead atoms. The van der Waals surface area contributed by atoms with Crippen LogP contribution in [-0.4, -0.2) is 23.8 Å². The fourth-order valence-corrected chi connectivity index (χ4v) is 8.69. The van der Waals surface area contributed by atoms with Crippen LogP contribution in [0.3, 0.4) is 0 Å². The second-order valence-electron chi connectivity index (χ2n) is 11.1. The van der Waals surface area contributed by atoms with Crippen LogP contribution in [-0.2, 0) is 14.3 Å². The van der Waals surface area contributed by atoms with Crippen LogP contribution in [0.4, 0.5) is 0 Å². The van der Waals surface area contributed by atoms with Crippen molar-refractivity contribution in [3.8, 4) is 0 Å². The Labute approximate surface area is 152 Å². The quantitative estimate of drug-likeness (QED) is 0.509. The van der Waals surface area contributed by atoms with Gasteiger partial charge in [-0.15, -0.1) is 0 Å². The second kappa shape index (κ2) is 4.64. The van der Waals surface area contributed by atoms with Gasteiger partial charge in [-0.3, -0.25) is 4.79 Å². The topological polar surface area (TPSA) is 38.8 Å². The molecule has 0 aromatic carbocycles. The van der Waals surface area contributed by atoms with E-state index in [1.807, 2.05) is 0 Å². The van der Waals surface area contributed by atoms with Gasteiger partial charge in [0, 0.05) is 12.3 Å². The fourth-order valence-electron chi connectivity index (χ4n) is 8.69. The van der Waals surface area contributed by atoms with Gasteiger partial charge in [0.2, 0.25) is 0 Å². The molecule has 8 atom stereocenters. The summed E-state index contributed by atoms with van der Waals surface area (Å²) in [6.07, 6.45) is 9.25. The van der Waals surface area contributed by atoms with E-state index in [9.17, 15) is 4.79 Å². The number of carbonyl (C=O) groups excluding carboxylic acids is 1. The number of hydrogen-bond acceptors (Lipinski definition) is 3. The molecule has 25 heavy (non-hydrogen) atoms. The van der Waals surface area contributed by atoms with Crippen molar-refractivity contribution in [3.05, 3.63) is 0 Å². The zero-order valence-electron chi connectivity index (χ0n) is 16.6. The number of epoxide rings is 1. The average Bonchev–Trinajstić information content (AvgIpc) is 3.18. The third kappa shape index (κ3) is 1.84. The molecular weight excluding hydrogens is 312 g/mol. The maximum atomic E-state index is 12.0. The molecule has 5 aliphatic rings. The van der Waals surface area contributed by atoms with E-state index < -0.39 is 0 Å². The van der Waals surface area contributed by atoms with Crippen molar-refractivity contribution in [2.45, 2.75) is 97.4 Å². The van der Waals surface area contributed by atoms with Gasteiger partial charge in [0.25, 0.3) is 0 Å². The molecule has 0 aromatic heterocycles. The van der Waals surface area contributed by atoms with Gasteiger partial charge in [-0.05, 0) is 74.0 Å². The Morgan fingerprint density at radius 2 is 1.84 bits per heavy atom. The van der Waals surface area contributed by atoms with Gasteiger partial charge < -0.3 is 9.47 Å². The molecule has 8 unspecified atom stereocenters. The summed E-state index contributed by atoms with van der Waals surface area (Å²) in [5.74, 6) is 1.86. The molecule has 0 amide bonds. The molecule has 5 rings (SSSR count). The highest BCUT2D eigenvalue weighted by Gasteiger charge is 2.81. The van der Waals surface area contributed by atoms with Crippen molar-refractivity contribution in [2.24, 2.45) is 34.0 Å². The molecule has 140 valence electrons. The molecule has 1 spiro atoms. The molecule has 4 saturated carbocycles. The predicted molar refractivity (Wildman–Crippen MR) is 95.9 cm³/mol. The summed E-state index contributed by atoms with van der Waals surface area (Å²) in [6, 6.07) is 0. The summed E-state index contributed by atoms with van der Waals surface area (Å²) in [5, 5.41) is 0. The van der Waals surface area contributed by atoms with Crippen LogP contribution in [0.2, 0.25) is 0 Å². The van der Waals surface area contributed by atoms with E-state index in [0.717, 1.165) is 6.42 Å². The Bertz CT molecular complexity index is 627. The van der Waals surface area contributed by atoms with E-state index in [1.54, 1.807) is 6.92 Å². The normalized spacial score (nSPS) is 57.9. The summed E-state index contributed by atoms with van der Waals surface area (Å²) in [7, 11) is 0. The first-order valence-electron chi connectivity index (χ1n) is 10.5. The Morgan fingerprint density at radius 1 is 1.08 bits per heavy atom. The molecule has 3 heteroatoms. The second-order valence-corrected chi connectivity index (χ2v) is 11.1. The zero-order chi connectivity index (χ0) is 17.8. The van der Waals surface area contributed by atoms with Crippen LogP contribution in [0.15, 0.2) is 0 Å². The van der Waals surface area contributed by atoms with Crippen molar-refractivity contribution in [1.82, 2.24) is 0 Å². The Balaban J connectivity index is 1.63. The van der Waals surface area contributed by atoms with Crippen molar-refractivity contribution in [1.29, 1.82) is 0 Å². The van der Waals surface area contributed by atoms with Gasteiger partial charge in [-0.1, -0.05) is 27.2 Å². The SMILES string of the molecule is CC(=O)OC1CC2C(C)(C)CCCC2(C)C2CCC3CC12C1OC31C. The van der Waals surface area contributed by atoms with Gasteiger partial charge in [0.15, 0.2) is 0 Å². The molecule has 0 aromatic rings. The largest absolute Gasteiger partial charge is 0.462 e. The van der Waals surface area contributed by atoms with Crippen LogP contribution < -0.4 is 0 Å². The summed E-state index contributed by atoms with van der Waals surface area (Å²) in [4.78, 5) is 12.0. The van der Waals surface area contributed by atoms with E-state index in [-0.39, 0.29) is 23.1 Å². The lowest BCUT2D eigenvalue weighted by Crippen LogP contribution is -2.63. The molecule has 1 heterocycles. The summed E-state index contributed by atoms with van der Waals surface area (Å²) < 4.78 is 12.5. The van der Waals surface area contributed by atoms with Crippen LogP contribution in [0.25, 0.3) is 0 Å². The summed E-state index contributed by atoms with van der Waals surface area (Å²) >= 11 is 0. The van der Waals surface area contributed by atoms with E-state index in [0.29, 0.717) is 34.7 Å². The monoisotopic (exact) mass is 346 g/mol. The van der Waals surface area contributed by atoms with Crippen molar-refractivity contribution in [2.75, 3.05) is 0 Å². The van der Waals surface area contributed by atoms with Crippen molar-refractivity contribution in [3.63, 3.8) is 0 Å². The van der Waals surface area contributed by atoms with Gasteiger partial charge in [0.1, 0.15) is 6.10 Å². The summed E-state index contributed by atoms with van der Waals surface area (Å²) in [5.41, 5.74) is 0.874. The molecule has 0 N–H and O–H groups in total. The lowest BCUT2D eigenvalue weighted by Gasteiger charge is -2.65. The first-order valence-corrected chi connectivity index (χ1v) is 10.5. The van der Waals surface area contributed by atoms with E-state index in [1.165, 1.54) is 38.5 Å². The number of fused-ring (bicyclic) bond motifs is 5. The molecule has 3 nitrogen and oxygen atoms in total. The lowest BCUT2D eigenvalue weighted by atomic mass is 9.40. The van der Waals surface area contributed by atoms with Crippen LogP contribution in [0.1, 0.15) is 79.6 Å². The highest BCUT2D eigenvalue weighted by atomic mass is 16.6. The predicted octanol–water partition coefficient (Wildman–Crippen LogP) is 4.73. The minimum absolute atomic E-state index is 0.0579. The Hall–Kier alpha value is -0.570. The highest BCUT2D eigenvalue weighted by Crippen LogP contribution is 2.78. The Kier molecular flexibility index (Phi) is 3.08. The average molecular weight is 347 g/mol. The standard InChI is InChI=1S/C22H34O3/c1-13(23)24-17-11-16-19(2,3)9-6-10-20(16,4)15-8-7-14-12-22(15,17)18-21(14,5)25-18/h14-18H,6-12H2,1-5H3. The third-order valence-corrected chi connectivity index (χ3v) is 9.62. The maximum absolute atomic E-state index is 12.0. The van der Waals surface area contributed by atoms with Gasteiger partial charge >= 0.3 is 5.97 Å². The molecule has 0 radical (unpaired) electrons. The van der Waals surface area contributed by atoms with E-state index >= 15 is 0 Å². The van der Waals surface area contributed by atoms with Gasteiger partial charge in [0.05, 0.1) is 11.7 Å². The number of hydrogen-bond donors (Lipinski definition) is 0. The van der Waals surface area contributed by atoms with E-state index in [4.69, 9.17) is 9.47 Å². The summed E-state index contributed by atoms with van der Waals surface area (Å²) in [6.45, 7) is 11.4. The van der Waals surface area contributed by atoms with E-state index in [2.05, 4.69) is 27.7 Å². The highest BCUT2D eigenvalue weighted by molar-refractivity contribution is 5.66. The first-order chi connectivity index (χ1) is 11.6. The molecule has 1 aliphatic heterocycles. The Morgan fingerprint density at radius 3 is 2.56 bits per heavy atom. The van der Waals surface area contributed by atoms with Crippen molar-refractivity contribution < 1.29 is 14.3 Å². The lowest BCUT2D eigenvalue weighted by molar-refractivity contribution is -0.224. The molecule has 1 saturated heterocycles. The first kappa shape index (κ1) is 16.6. The number of esters is 1. The van der Waals surface area contributed by atoms with Gasteiger partial charge in [-0.2, -0.15) is 0 Å². The zero-order valence-corrected chi connectivity index (χ0v) is 16.6. The minimum Gasteiger partial charge on any atom is -0.462 e. The minimum atomic E-state index is -0.105. The smallest absolute Gasteiger partial charge is 0.302 e. The fraction of sp³-hybridized carbons (Fsp3) is 0.955. The van der Waals surface area contributed by atoms with Crippen LogP contribution >= 0.6 is 0 Å². The molecular formula is C22H34O3. The molecule has 4 aliphatic carbocycles. The number of ether oxygens (including phenoxy) is 2. The number of rotatable bonds is 1. The third-order valence-electron chi connectivity index (χ3n) is 9.62. The number of carbonyl (C=O) groups is 1.